The summed E-state index contributed by atoms with van der Waals surface area (Å²) in [5, 5.41) is 13.8. The molecule has 0 aliphatic carbocycles. The zero-order valence-electron chi connectivity index (χ0n) is 17.3. The van der Waals surface area contributed by atoms with Gasteiger partial charge >= 0.3 is 5.97 Å². The van der Waals surface area contributed by atoms with Crippen LogP contribution in [-0.4, -0.2) is 27.0 Å². The van der Waals surface area contributed by atoms with Crippen LogP contribution in [0.1, 0.15) is 27.3 Å². The number of fused-ring (bicyclic) bond motifs is 1. The van der Waals surface area contributed by atoms with Crippen molar-refractivity contribution in [3.8, 4) is 5.75 Å². The molecule has 0 fully saturated rings. The number of aryl methyl sites for hydroxylation is 1. The molecule has 0 aliphatic heterocycles. The predicted octanol–water partition coefficient (Wildman–Crippen LogP) is 5.39. The molecule has 1 aromatic heterocycles. The second-order valence-electron chi connectivity index (χ2n) is 7.16. The first-order chi connectivity index (χ1) is 15.8. The predicted molar refractivity (Wildman–Crippen MR) is 133 cm³/mol. The van der Waals surface area contributed by atoms with Crippen LogP contribution in [0.3, 0.4) is 0 Å². The van der Waals surface area contributed by atoms with Crippen LogP contribution >= 0.6 is 31.9 Å². The van der Waals surface area contributed by atoms with E-state index in [9.17, 15) is 9.59 Å². The van der Waals surface area contributed by atoms with Gasteiger partial charge in [0, 0.05) is 4.47 Å². The molecule has 7 nitrogen and oxygen atoms in total. The number of carbonyl (C=O) groups is 1. The van der Waals surface area contributed by atoms with E-state index in [4.69, 9.17) is 9.84 Å². The number of hydrogen-bond acceptors (Lipinski definition) is 5. The minimum atomic E-state index is -0.965. The highest BCUT2D eigenvalue weighted by Gasteiger charge is 2.09. The molecule has 3 aromatic carbocycles. The van der Waals surface area contributed by atoms with Crippen LogP contribution in [0.2, 0.25) is 0 Å². The van der Waals surface area contributed by atoms with Crippen LogP contribution in [0, 0.1) is 6.92 Å². The van der Waals surface area contributed by atoms with E-state index in [1.54, 1.807) is 55.6 Å². The monoisotopic (exact) mass is 569 g/mol. The molecule has 1 N–H and O–H groups in total. The normalized spacial score (nSPS) is 11.2. The van der Waals surface area contributed by atoms with Gasteiger partial charge < -0.3 is 9.84 Å². The molecule has 0 spiro atoms. The molecule has 0 saturated carbocycles. The summed E-state index contributed by atoms with van der Waals surface area (Å²) in [6.07, 6.45) is 1.58. The molecule has 0 unspecified atom stereocenters. The first-order valence-corrected chi connectivity index (χ1v) is 11.4. The van der Waals surface area contributed by atoms with Gasteiger partial charge in [0.15, 0.2) is 0 Å². The second kappa shape index (κ2) is 9.68. The Bertz CT molecular complexity index is 1450. The number of carboxylic acids is 1. The van der Waals surface area contributed by atoms with Crippen molar-refractivity contribution in [3.05, 3.63) is 102 Å². The van der Waals surface area contributed by atoms with Gasteiger partial charge in [0.05, 0.1) is 27.2 Å². The standard InChI is InChI=1S/C24H17Br2N3O4/c1-14-28-21-8-7-18(25)11-19(21)23(30)29(14)27-12-16-4-9-22(20(26)10-16)33-13-15-2-5-17(6-3-15)24(31)32/h2-12H,13H2,1H3,(H,31,32). The van der Waals surface area contributed by atoms with E-state index in [1.807, 2.05) is 18.2 Å². The van der Waals surface area contributed by atoms with Crippen molar-refractivity contribution in [1.82, 2.24) is 9.66 Å². The summed E-state index contributed by atoms with van der Waals surface area (Å²) in [7, 11) is 0. The van der Waals surface area contributed by atoms with Gasteiger partial charge in [-0.25, -0.2) is 9.78 Å². The molecule has 33 heavy (non-hydrogen) atoms. The molecular formula is C24H17Br2N3O4. The van der Waals surface area contributed by atoms with E-state index in [2.05, 4.69) is 41.9 Å². The zero-order valence-corrected chi connectivity index (χ0v) is 20.5. The van der Waals surface area contributed by atoms with Gasteiger partial charge in [-0.3, -0.25) is 4.79 Å². The Labute approximate surface area is 205 Å². The van der Waals surface area contributed by atoms with Crippen LogP contribution in [-0.2, 0) is 6.61 Å². The maximum absolute atomic E-state index is 12.8. The van der Waals surface area contributed by atoms with E-state index in [0.717, 1.165) is 20.1 Å². The van der Waals surface area contributed by atoms with E-state index < -0.39 is 5.97 Å². The number of benzene rings is 3. The zero-order chi connectivity index (χ0) is 23.5. The van der Waals surface area contributed by atoms with E-state index >= 15 is 0 Å². The molecule has 9 heteroatoms. The lowest BCUT2D eigenvalue weighted by Gasteiger charge is -2.09. The summed E-state index contributed by atoms with van der Waals surface area (Å²) in [6, 6.07) is 17.3. The van der Waals surface area contributed by atoms with Crippen molar-refractivity contribution in [2.45, 2.75) is 13.5 Å². The minimum absolute atomic E-state index is 0.229. The Kier molecular flexibility index (Phi) is 6.71. The lowest BCUT2D eigenvalue weighted by atomic mass is 10.1. The highest BCUT2D eigenvalue weighted by Crippen LogP contribution is 2.26. The first kappa shape index (κ1) is 22.9. The van der Waals surface area contributed by atoms with Crippen LogP contribution in [0.4, 0.5) is 0 Å². The third kappa shape index (κ3) is 5.20. The lowest BCUT2D eigenvalue weighted by molar-refractivity contribution is 0.0697. The number of rotatable bonds is 6. The maximum Gasteiger partial charge on any atom is 0.335 e. The average Bonchev–Trinajstić information content (AvgIpc) is 2.79. The number of carboxylic acid groups (broad SMARTS) is 1. The fourth-order valence-electron chi connectivity index (χ4n) is 3.14. The molecule has 4 aromatic rings. The average molecular weight is 571 g/mol. The van der Waals surface area contributed by atoms with Gasteiger partial charge in [-0.05, 0) is 82.5 Å². The lowest BCUT2D eigenvalue weighted by Crippen LogP contribution is -2.20. The fraction of sp³-hybridized carbons (Fsp3) is 0.0833. The highest BCUT2D eigenvalue weighted by molar-refractivity contribution is 9.10. The minimum Gasteiger partial charge on any atom is -0.488 e. The van der Waals surface area contributed by atoms with Gasteiger partial charge in [-0.15, -0.1) is 0 Å². The summed E-state index contributed by atoms with van der Waals surface area (Å²) in [5.41, 5.74) is 2.22. The largest absolute Gasteiger partial charge is 0.488 e. The molecule has 0 atom stereocenters. The molecule has 0 aliphatic rings. The quantitative estimate of drug-likeness (QED) is 0.314. The molecule has 0 amide bonds. The van der Waals surface area contributed by atoms with Gasteiger partial charge in [0.1, 0.15) is 18.2 Å². The third-order valence-electron chi connectivity index (χ3n) is 4.84. The van der Waals surface area contributed by atoms with Gasteiger partial charge in [0.2, 0.25) is 0 Å². The van der Waals surface area contributed by atoms with Crippen LogP contribution in [0.15, 0.2) is 79.5 Å². The van der Waals surface area contributed by atoms with Crippen molar-refractivity contribution in [1.29, 1.82) is 0 Å². The van der Waals surface area contributed by atoms with Gasteiger partial charge in [-0.1, -0.05) is 28.1 Å². The first-order valence-electron chi connectivity index (χ1n) is 9.79. The summed E-state index contributed by atoms with van der Waals surface area (Å²) in [4.78, 5) is 28.3. The van der Waals surface area contributed by atoms with Crippen molar-refractivity contribution < 1.29 is 14.6 Å². The van der Waals surface area contributed by atoms with Crippen molar-refractivity contribution >= 4 is 54.9 Å². The topological polar surface area (TPSA) is 93.8 Å². The van der Waals surface area contributed by atoms with E-state index in [1.165, 1.54) is 4.68 Å². The van der Waals surface area contributed by atoms with Crippen molar-refractivity contribution in [2.24, 2.45) is 5.10 Å². The van der Waals surface area contributed by atoms with E-state index in [-0.39, 0.29) is 11.1 Å². The van der Waals surface area contributed by atoms with Crippen LogP contribution in [0.25, 0.3) is 10.9 Å². The Morgan fingerprint density at radius 3 is 2.58 bits per heavy atom. The number of ether oxygens (including phenoxy) is 1. The number of aromatic carboxylic acids is 1. The molecule has 0 radical (unpaired) electrons. The summed E-state index contributed by atoms with van der Waals surface area (Å²) in [5.74, 6) is 0.145. The van der Waals surface area contributed by atoms with Crippen molar-refractivity contribution in [3.63, 3.8) is 0 Å². The number of aromatic nitrogens is 2. The Morgan fingerprint density at radius 1 is 1.12 bits per heavy atom. The Balaban J connectivity index is 1.51. The third-order valence-corrected chi connectivity index (χ3v) is 5.96. The number of hydrogen-bond donors (Lipinski definition) is 1. The summed E-state index contributed by atoms with van der Waals surface area (Å²) in [6.45, 7) is 2.02. The Hall–Kier alpha value is -3.30. The number of nitrogens with zero attached hydrogens (tertiary/aromatic N) is 3. The molecular weight excluding hydrogens is 554 g/mol. The van der Waals surface area contributed by atoms with E-state index in [0.29, 0.717) is 29.1 Å². The van der Waals surface area contributed by atoms with Gasteiger partial charge in [0.25, 0.3) is 5.56 Å². The molecule has 4 rings (SSSR count). The Morgan fingerprint density at radius 2 is 1.88 bits per heavy atom. The number of halogens is 2. The maximum atomic E-state index is 12.8. The SMILES string of the molecule is Cc1nc2ccc(Br)cc2c(=O)n1N=Cc1ccc(OCc2ccc(C(=O)O)cc2)c(Br)c1. The fourth-order valence-corrected chi connectivity index (χ4v) is 4.01. The highest BCUT2D eigenvalue weighted by atomic mass is 79.9. The molecule has 0 saturated heterocycles. The molecule has 0 bridgehead atoms. The summed E-state index contributed by atoms with van der Waals surface area (Å²) >= 11 is 6.88. The smallest absolute Gasteiger partial charge is 0.335 e. The van der Waals surface area contributed by atoms with Crippen LogP contribution < -0.4 is 10.3 Å². The summed E-state index contributed by atoms with van der Waals surface area (Å²) < 4.78 is 8.62. The van der Waals surface area contributed by atoms with Crippen molar-refractivity contribution in [2.75, 3.05) is 0 Å². The van der Waals surface area contributed by atoms with Crippen LogP contribution in [0.5, 0.6) is 5.75 Å². The molecule has 1 heterocycles. The molecule has 166 valence electrons. The second-order valence-corrected chi connectivity index (χ2v) is 8.93. The van der Waals surface area contributed by atoms with Gasteiger partial charge in [-0.2, -0.15) is 9.78 Å².